The van der Waals surface area contributed by atoms with Crippen molar-refractivity contribution in [2.24, 2.45) is 0 Å². The molecule has 0 aromatic heterocycles. The van der Waals surface area contributed by atoms with E-state index in [1.807, 2.05) is 0 Å². The zero-order valence-electron chi connectivity index (χ0n) is 20.4. The van der Waals surface area contributed by atoms with Crippen molar-refractivity contribution in [2.45, 2.75) is 22.8 Å². The molecule has 0 bridgehead atoms. The third-order valence-corrected chi connectivity index (χ3v) is 8.49. The lowest BCUT2D eigenvalue weighted by Crippen LogP contribution is -2.35. The predicted molar refractivity (Wildman–Crippen MR) is 137 cm³/mol. The van der Waals surface area contributed by atoms with Crippen molar-refractivity contribution in [3.05, 3.63) is 94.3 Å². The normalized spacial score (nSPS) is 11.6. The maximum absolute atomic E-state index is 13.5. The van der Waals surface area contributed by atoms with Crippen molar-refractivity contribution in [3.8, 4) is 0 Å². The van der Waals surface area contributed by atoms with Gasteiger partial charge in [-0.05, 0) is 48.0 Å². The summed E-state index contributed by atoms with van der Waals surface area (Å²) in [7, 11) is -8.72. The minimum atomic E-state index is -4.37. The summed E-state index contributed by atoms with van der Waals surface area (Å²) in [4.78, 5) is 33.5. The molecule has 17 heteroatoms. The second kappa shape index (κ2) is 12.6. The zero-order valence-corrected chi connectivity index (χ0v) is 22.0. The van der Waals surface area contributed by atoms with E-state index in [-0.39, 0.29) is 34.3 Å². The van der Waals surface area contributed by atoms with Crippen LogP contribution in [-0.2, 0) is 31.4 Å². The Morgan fingerprint density at radius 1 is 0.950 bits per heavy atom. The summed E-state index contributed by atoms with van der Waals surface area (Å²) in [6.07, 6.45) is -0.426. The van der Waals surface area contributed by atoms with Crippen molar-refractivity contribution in [1.29, 1.82) is 0 Å². The van der Waals surface area contributed by atoms with Gasteiger partial charge in [0.2, 0.25) is 15.9 Å². The standard InChI is InChI=1S/C23H22FN5O9S2/c24-17-6-10-20(11-7-17)39(35,36)27-23(31)25-18-2-1-3-21(14-18)40(37,38)28(13-12-22(30)26-32)15-16-4-8-19(9-5-16)29(33)34/h1-11,14,32H,12-13,15H2,(H,26,30)(H2,25,27,31). The molecule has 0 aliphatic heterocycles. The fraction of sp³-hybridized carbons (Fsp3) is 0.130. The summed E-state index contributed by atoms with van der Waals surface area (Å²) >= 11 is 0. The molecule has 0 saturated carbocycles. The Labute approximate surface area is 227 Å². The van der Waals surface area contributed by atoms with Gasteiger partial charge in [0.05, 0.1) is 14.7 Å². The number of nitrogens with one attached hydrogen (secondary N) is 3. The predicted octanol–water partition coefficient (Wildman–Crippen LogP) is 2.33. The number of benzene rings is 3. The summed E-state index contributed by atoms with van der Waals surface area (Å²) in [5.74, 6) is -1.54. The second-order valence-electron chi connectivity index (χ2n) is 8.09. The van der Waals surface area contributed by atoms with E-state index in [0.29, 0.717) is 5.56 Å². The van der Waals surface area contributed by atoms with Gasteiger partial charge in [0, 0.05) is 37.3 Å². The number of non-ortho nitro benzene ring substituents is 1. The average Bonchev–Trinajstić information content (AvgIpc) is 2.91. The highest BCUT2D eigenvalue weighted by Crippen LogP contribution is 2.23. The average molecular weight is 596 g/mol. The molecule has 0 unspecified atom stereocenters. The number of carbonyl (C=O) groups is 2. The van der Waals surface area contributed by atoms with E-state index in [2.05, 4.69) is 5.32 Å². The number of carbonyl (C=O) groups excluding carboxylic acids is 2. The van der Waals surface area contributed by atoms with Crippen molar-refractivity contribution >= 4 is 43.4 Å². The van der Waals surface area contributed by atoms with Gasteiger partial charge < -0.3 is 5.32 Å². The number of nitro groups is 1. The lowest BCUT2D eigenvalue weighted by Gasteiger charge is -2.22. The molecular weight excluding hydrogens is 573 g/mol. The van der Waals surface area contributed by atoms with Gasteiger partial charge in [-0.3, -0.25) is 20.1 Å². The Bertz CT molecular complexity index is 1620. The number of anilines is 1. The number of nitrogens with zero attached hydrogens (tertiary/aromatic N) is 2. The van der Waals surface area contributed by atoms with E-state index in [1.165, 1.54) is 47.9 Å². The lowest BCUT2D eigenvalue weighted by molar-refractivity contribution is -0.384. The fourth-order valence-corrected chi connectivity index (χ4v) is 5.71. The number of urea groups is 1. The fourth-order valence-electron chi connectivity index (χ4n) is 3.33. The van der Waals surface area contributed by atoms with Crippen LogP contribution in [0.5, 0.6) is 0 Å². The third-order valence-electron chi connectivity index (χ3n) is 5.30. The summed E-state index contributed by atoms with van der Waals surface area (Å²) in [6.45, 7) is -0.688. The van der Waals surface area contributed by atoms with Crippen molar-refractivity contribution in [1.82, 2.24) is 14.5 Å². The molecule has 4 N–H and O–H groups in total. The molecule has 212 valence electrons. The van der Waals surface area contributed by atoms with Crippen LogP contribution in [0.3, 0.4) is 0 Å². The van der Waals surface area contributed by atoms with E-state index in [0.717, 1.165) is 34.6 Å². The summed E-state index contributed by atoms with van der Waals surface area (Å²) < 4.78 is 67.3. The molecule has 0 fully saturated rings. The Kier molecular flexibility index (Phi) is 9.48. The molecule has 0 aliphatic carbocycles. The molecule has 0 heterocycles. The van der Waals surface area contributed by atoms with E-state index in [1.54, 1.807) is 4.72 Å². The van der Waals surface area contributed by atoms with Crippen LogP contribution in [0.2, 0.25) is 0 Å². The molecule has 0 saturated heterocycles. The van der Waals surface area contributed by atoms with Crippen LogP contribution in [0.15, 0.2) is 82.6 Å². The van der Waals surface area contributed by atoms with E-state index < -0.39 is 49.1 Å². The Hall–Kier alpha value is -4.45. The molecule has 0 spiro atoms. The highest BCUT2D eigenvalue weighted by molar-refractivity contribution is 7.90. The first-order chi connectivity index (χ1) is 18.8. The molecule has 3 rings (SSSR count). The van der Waals surface area contributed by atoms with Crippen LogP contribution >= 0.6 is 0 Å². The van der Waals surface area contributed by atoms with Crippen LogP contribution in [0.1, 0.15) is 12.0 Å². The topological polar surface area (TPSA) is 205 Å². The van der Waals surface area contributed by atoms with E-state index in [9.17, 15) is 40.9 Å². The van der Waals surface area contributed by atoms with Gasteiger partial charge in [-0.25, -0.2) is 36.2 Å². The van der Waals surface area contributed by atoms with Crippen LogP contribution in [0.4, 0.5) is 20.6 Å². The third kappa shape index (κ3) is 7.79. The monoisotopic (exact) mass is 595 g/mol. The summed E-state index contributed by atoms with van der Waals surface area (Å²) in [5, 5.41) is 21.9. The number of hydrogen-bond acceptors (Lipinski definition) is 9. The van der Waals surface area contributed by atoms with E-state index >= 15 is 0 Å². The molecule has 40 heavy (non-hydrogen) atoms. The molecular formula is C23H22FN5O9S2. The van der Waals surface area contributed by atoms with Crippen molar-refractivity contribution < 1.29 is 40.9 Å². The van der Waals surface area contributed by atoms with Gasteiger partial charge in [0.1, 0.15) is 5.82 Å². The quantitative estimate of drug-likeness (QED) is 0.146. The number of rotatable bonds is 11. The Morgan fingerprint density at radius 2 is 1.60 bits per heavy atom. The molecule has 3 amide bonds. The largest absolute Gasteiger partial charge is 0.333 e. The van der Waals surface area contributed by atoms with Crippen LogP contribution in [0.25, 0.3) is 0 Å². The highest BCUT2D eigenvalue weighted by Gasteiger charge is 2.26. The summed E-state index contributed by atoms with van der Waals surface area (Å²) in [6, 6.07) is 12.4. The van der Waals surface area contributed by atoms with Gasteiger partial charge in [-0.15, -0.1) is 0 Å². The minimum Gasteiger partial charge on any atom is -0.307 e. The van der Waals surface area contributed by atoms with E-state index in [4.69, 9.17) is 5.21 Å². The lowest BCUT2D eigenvalue weighted by atomic mass is 10.2. The van der Waals surface area contributed by atoms with Gasteiger partial charge >= 0.3 is 6.03 Å². The zero-order chi connectivity index (χ0) is 29.5. The molecule has 3 aromatic carbocycles. The van der Waals surface area contributed by atoms with Gasteiger partial charge in [0.15, 0.2) is 0 Å². The second-order valence-corrected chi connectivity index (χ2v) is 11.7. The number of hydrogen-bond donors (Lipinski definition) is 4. The van der Waals surface area contributed by atoms with Gasteiger partial charge in [-0.2, -0.15) is 4.31 Å². The van der Waals surface area contributed by atoms with Crippen LogP contribution in [-0.4, -0.2) is 49.8 Å². The number of amides is 3. The molecule has 0 radical (unpaired) electrons. The first-order valence-corrected chi connectivity index (χ1v) is 14.1. The van der Waals surface area contributed by atoms with Gasteiger partial charge in [0.25, 0.3) is 15.7 Å². The number of halogens is 1. The number of nitro benzene ring substituents is 1. The number of hydroxylamine groups is 1. The molecule has 0 aliphatic rings. The molecule has 14 nitrogen and oxygen atoms in total. The maximum Gasteiger partial charge on any atom is 0.333 e. The first-order valence-electron chi connectivity index (χ1n) is 11.2. The van der Waals surface area contributed by atoms with Gasteiger partial charge in [-0.1, -0.05) is 18.2 Å². The number of sulfonamides is 2. The molecule has 3 aromatic rings. The minimum absolute atomic E-state index is 0.101. The molecule has 0 atom stereocenters. The smallest absolute Gasteiger partial charge is 0.307 e. The van der Waals surface area contributed by atoms with Crippen molar-refractivity contribution in [2.75, 3.05) is 11.9 Å². The Morgan fingerprint density at radius 3 is 2.20 bits per heavy atom. The first kappa shape index (κ1) is 30.1. The summed E-state index contributed by atoms with van der Waals surface area (Å²) in [5.41, 5.74) is 1.45. The highest BCUT2D eigenvalue weighted by atomic mass is 32.2. The Balaban J connectivity index is 1.82. The van der Waals surface area contributed by atoms with Crippen LogP contribution in [0, 0.1) is 15.9 Å². The van der Waals surface area contributed by atoms with Crippen LogP contribution < -0.4 is 15.5 Å². The SMILES string of the molecule is O=C(CCN(Cc1ccc([N+](=O)[O-])cc1)S(=O)(=O)c1cccc(NC(=O)NS(=O)(=O)c2ccc(F)cc2)c1)NO. The van der Waals surface area contributed by atoms with Crippen molar-refractivity contribution in [3.63, 3.8) is 0 Å². The maximum atomic E-state index is 13.5.